The maximum Gasteiger partial charge on any atom is 0.338 e. The molecule has 0 saturated heterocycles. The lowest BCUT2D eigenvalue weighted by molar-refractivity contribution is 0.0526. The van der Waals surface area contributed by atoms with E-state index >= 15 is 0 Å². The van der Waals surface area contributed by atoms with Crippen LogP contribution in [0.2, 0.25) is 0 Å². The summed E-state index contributed by atoms with van der Waals surface area (Å²) in [5.41, 5.74) is 5.08. The molecule has 0 aliphatic carbocycles. The van der Waals surface area contributed by atoms with Crippen LogP contribution in [-0.2, 0) is 4.74 Å². The molecule has 0 spiro atoms. The van der Waals surface area contributed by atoms with Crippen LogP contribution < -0.4 is 14.9 Å². The van der Waals surface area contributed by atoms with Gasteiger partial charge in [0.2, 0.25) is 6.79 Å². The minimum absolute atomic E-state index is 0.251. The van der Waals surface area contributed by atoms with E-state index in [0.717, 1.165) is 17.0 Å². The zero-order valence-electron chi connectivity index (χ0n) is 12.6. The van der Waals surface area contributed by atoms with Crippen molar-refractivity contribution < 1.29 is 19.0 Å². The Labute approximate surface area is 133 Å². The van der Waals surface area contributed by atoms with Gasteiger partial charge < -0.3 is 14.2 Å². The Morgan fingerprint density at radius 1 is 1.22 bits per heavy atom. The molecule has 0 radical (unpaired) electrons. The highest BCUT2D eigenvalue weighted by molar-refractivity contribution is 5.89. The average Bonchev–Trinajstić information content (AvgIpc) is 3.03. The number of hydrazone groups is 1. The van der Waals surface area contributed by atoms with Crippen molar-refractivity contribution in [2.24, 2.45) is 5.10 Å². The number of hydrogen-bond donors (Lipinski definition) is 1. The highest BCUT2D eigenvalue weighted by Gasteiger charge is 2.12. The summed E-state index contributed by atoms with van der Waals surface area (Å²) in [6.07, 6.45) is 1.68. The molecular weight excluding hydrogens is 296 g/mol. The van der Waals surface area contributed by atoms with E-state index < -0.39 is 0 Å². The SMILES string of the molecule is CCOC(=O)c1ccc(NN=Cc2ccc3c(c2)OCO3)cc1. The molecular formula is C17H16N2O4. The lowest BCUT2D eigenvalue weighted by atomic mass is 10.2. The molecule has 23 heavy (non-hydrogen) atoms. The Kier molecular flexibility index (Phi) is 4.42. The normalized spacial score (nSPS) is 12.4. The Bertz CT molecular complexity index is 726. The largest absolute Gasteiger partial charge is 0.462 e. The van der Waals surface area contributed by atoms with Crippen LogP contribution >= 0.6 is 0 Å². The molecule has 1 aliphatic heterocycles. The fraction of sp³-hybridized carbons (Fsp3) is 0.176. The lowest BCUT2D eigenvalue weighted by Crippen LogP contribution is -2.04. The molecule has 0 amide bonds. The average molecular weight is 312 g/mol. The van der Waals surface area contributed by atoms with Crippen molar-refractivity contribution in [1.82, 2.24) is 0 Å². The van der Waals surface area contributed by atoms with Crippen molar-refractivity contribution in [1.29, 1.82) is 0 Å². The van der Waals surface area contributed by atoms with E-state index in [9.17, 15) is 4.79 Å². The molecule has 0 fully saturated rings. The van der Waals surface area contributed by atoms with Crippen LogP contribution in [0.4, 0.5) is 5.69 Å². The van der Waals surface area contributed by atoms with Gasteiger partial charge in [0.15, 0.2) is 11.5 Å². The van der Waals surface area contributed by atoms with Crippen molar-refractivity contribution in [3.8, 4) is 11.5 Å². The van der Waals surface area contributed by atoms with Crippen molar-refractivity contribution in [3.63, 3.8) is 0 Å². The zero-order valence-corrected chi connectivity index (χ0v) is 12.6. The molecule has 0 atom stereocenters. The summed E-state index contributed by atoms with van der Waals surface area (Å²) in [5, 5.41) is 4.16. The van der Waals surface area contributed by atoms with E-state index in [0.29, 0.717) is 17.9 Å². The highest BCUT2D eigenvalue weighted by Crippen LogP contribution is 2.31. The second kappa shape index (κ2) is 6.83. The van der Waals surface area contributed by atoms with E-state index in [1.807, 2.05) is 18.2 Å². The summed E-state index contributed by atoms with van der Waals surface area (Å²) in [6, 6.07) is 12.5. The predicted molar refractivity (Wildman–Crippen MR) is 86.2 cm³/mol. The number of anilines is 1. The van der Waals surface area contributed by atoms with Gasteiger partial charge in [0, 0.05) is 0 Å². The van der Waals surface area contributed by atoms with Gasteiger partial charge in [-0.2, -0.15) is 5.10 Å². The summed E-state index contributed by atoms with van der Waals surface area (Å²) in [5.74, 6) is 1.13. The predicted octanol–water partition coefficient (Wildman–Crippen LogP) is 3.04. The van der Waals surface area contributed by atoms with Crippen molar-refractivity contribution in [2.75, 3.05) is 18.8 Å². The monoisotopic (exact) mass is 312 g/mol. The van der Waals surface area contributed by atoms with Crippen molar-refractivity contribution in [3.05, 3.63) is 53.6 Å². The van der Waals surface area contributed by atoms with Gasteiger partial charge in [0.1, 0.15) is 0 Å². The van der Waals surface area contributed by atoms with Gasteiger partial charge in [-0.15, -0.1) is 0 Å². The minimum Gasteiger partial charge on any atom is -0.462 e. The van der Waals surface area contributed by atoms with Crippen molar-refractivity contribution in [2.45, 2.75) is 6.92 Å². The first kappa shape index (κ1) is 14.9. The van der Waals surface area contributed by atoms with Gasteiger partial charge in [-0.3, -0.25) is 5.43 Å². The fourth-order valence-electron chi connectivity index (χ4n) is 2.07. The van der Waals surface area contributed by atoms with Crippen LogP contribution in [0.5, 0.6) is 11.5 Å². The van der Waals surface area contributed by atoms with Gasteiger partial charge in [-0.25, -0.2) is 4.79 Å². The van der Waals surface area contributed by atoms with Crippen LogP contribution in [0.1, 0.15) is 22.8 Å². The molecule has 2 aromatic rings. The third kappa shape index (κ3) is 3.60. The first-order valence-electron chi connectivity index (χ1n) is 7.22. The molecule has 6 heteroatoms. The molecule has 0 bridgehead atoms. The third-order valence-corrected chi connectivity index (χ3v) is 3.20. The van der Waals surface area contributed by atoms with E-state index in [2.05, 4.69) is 10.5 Å². The van der Waals surface area contributed by atoms with Gasteiger partial charge in [-0.05, 0) is 55.0 Å². The quantitative estimate of drug-likeness (QED) is 0.522. The van der Waals surface area contributed by atoms with Crippen LogP contribution in [0, 0.1) is 0 Å². The van der Waals surface area contributed by atoms with Crippen molar-refractivity contribution >= 4 is 17.9 Å². The highest BCUT2D eigenvalue weighted by atomic mass is 16.7. The second-order valence-electron chi connectivity index (χ2n) is 4.78. The van der Waals surface area contributed by atoms with Gasteiger partial charge >= 0.3 is 5.97 Å². The van der Waals surface area contributed by atoms with Crippen LogP contribution in [-0.4, -0.2) is 25.6 Å². The van der Waals surface area contributed by atoms with Gasteiger partial charge in [0.25, 0.3) is 0 Å². The first-order chi connectivity index (χ1) is 11.3. The number of carbonyl (C=O) groups is 1. The first-order valence-corrected chi connectivity index (χ1v) is 7.22. The summed E-state index contributed by atoms with van der Waals surface area (Å²) in [6.45, 7) is 2.39. The van der Waals surface area contributed by atoms with Crippen LogP contribution in [0.25, 0.3) is 0 Å². The van der Waals surface area contributed by atoms with Crippen LogP contribution in [0.3, 0.4) is 0 Å². The smallest absolute Gasteiger partial charge is 0.338 e. The van der Waals surface area contributed by atoms with E-state index in [1.54, 1.807) is 37.4 Å². The fourth-order valence-corrected chi connectivity index (χ4v) is 2.07. The zero-order chi connectivity index (χ0) is 16.1. The molecule has 3 rings (SSSR count). The molecule has 0 aromatic heterocycles. The van der Waals surface area contributed by atoms with E-state index in [4.69, 9.17) is 14.2 Å². The number of ether oxygens (including phenoxy) is 3. The summed E-state index contributed by atoms with van der Waals surface area (Å²) in [7, 11) is 0. The van der Waals surface area contributed by atoms with Crippen LogP contribution in [0.15, 0.2) is 47.6 Å². The Balaban J connectivity index is 1.60. The summed E-state index contributed by atoms with van der Waals surface area (Å²) in [4.78, 5) is 11.6. The maximum atomic E-state index is 11.6. The summed E-state index contributed by atoms with van der Waals surface area (Å²) < 4.78 is 15.5. The molecule has 1 heterocycles. The van der Waals surface area contributed by atoms with Gasteiger partial charge in [-0.1, -0.05) is 0 Å². The number of fused-ring (bicyclic) bond motifs is 1. The second-order valence-corrected chi connectivity index (χ2v) is 4.78. The molecule has 6 nitrogen and oxygen atoms in total. The number of benzene rings is 2. The van der Waals surface area contributed by atoms with E-state index in [-0.39, 0.29) is 12.8 Å². The maximum absolute atomic E-state index is 11.6. The molecule has 0 unspecified atom stereocenters. The standard InChI is InChI=1S/C17H16N2O4/c1-2-21-17(20)13-4-6-14(7-5-13)19-18-10-12-3-8-15-16(9-12)23-11-22-15/h3-10,19H,2,11H2,1H3. The van der Waals surface area contributed by atoms with E-state index in [1.165, 1.54) is 0 Å². The Hall–Kier alpha value is -3.02. The topological polar surface area (TPSA) is 69.2 Å². The third-order valence-electron chi connectivity index (χ3n) is 3.20. The molecule has 1 aliphatic rings. The minimum atomic E-state index is -0.331. The number of nitrogens with one attached hydrogen (secondary N) is 1. The molecule has 0 saturated carbocycles. The number of nitrogens with zero attached hydrogens (tertiary/aromatic N) is 1. The molecule has 2 aromatic carbocycles. The number of hydrogen-bond acceptors (Lipinski definition) is 6. The van der Waals surface area contributed by atoms with Gasteiger partial charge in [0.05, 0.1) is 24.1 Å². The number of rotatable bonds is 5. The molecule has 1 N–H and O–H groups in total. The Morgan fingerprint density at radius 2 is 2.00 bits per heavy atom. The lowest BCUT2D eigenvalue weighted by Gasteiger charge is -2.03. The molecule has 118 valence electrons. The number of carbonyl (C=O) groups excluding carboxylic acids is 1. The Morgan fingerprint density at radius 3 is 2.78 bits per heavy atom. The number of esters is 1. The summed E-state index contributed by atoms with van der Waals surface area (Å²) >= 11 is 0.